The molecule has 3 aromatic rings. The average Bonchev–Trinajstić information content (AvgIpc) is 2.40. The summed E-state index contributed by atoms with van der Waals surface area (Å²) >= 11 is 0. The minimum atomic E-state index is -0.390. The highest BCUT2D eigenvalue weighted by molar-refractivity contribution is 5.81. The first-order chi connectivity index (χ1) is 8.83. The monoisotopic (exact) mass is 238 g/mol. The molecule has 1 heterocycles. The van der Waals surface area contributed by atoms with E-state index in [0.717, 1.165) is 5.39 Å². The molecule has 1 aromatic heterocycles. The van der Waals surface area contributed by atoms with Crippen molar-refractivity contribution in [2.75, 3.05) is 0 Å². The zero-order valence-corrected chi connectivity index (χ0v) is 9.50. The normalized spacial score (nSPS) is 10.4. The van der Waals surface area contributed by atoms with Gasteiger partial charge in [-0.2, -0.15) is 0 Å². The summed E-state index contributed by atoms with van der Waals surface area (Å²) in [7, 11) is 0. The fraction of sp³-hybridized carbons (Fsp3) is 0. The van der Waals surface area contributed by atoms with E-state index in [0.29, 0.717) is 11.1 Å². The van der Waals surface area contributed by atoms with E-state index in [2.05, 4.69) is 0 Å². The summed E-state index contributed by atoms with van der Waals surface area (Å²) in [6.45, 7) is 0. The summed E-state index contributed by atoms with van der Waals surface area (Å²) < 4.78 is 10.6. The molecule has 0 radical (unpaired) electrons. The van der Waals surface area contributed by atoms with Crippen LogP contribution >= 0.6 is 0 Å². The van der Waals surface area contributed by atoms with E-state index in [1.54, 1.807) is 30.3 Å². The molecule has 18 heavy (non-hydrogen) atoms. The first kappa shape index (κ1) is 10.6. The van der Waals surface area contributed by atoms with Crippen molar-refractivity contribution >= 4 is 10.8 Å². The summed E-state index contributed by atoms with van der Waals surface area (Å²) in [5, 5.41) is 1.36. The maximum atomic E-state index is 11.7. The first-order valence-corrected chi connectivity index (χ1v) is 5.59. The van der Waals surface area contributed by atoms with E-state index < -0.39 is 0 Å². The number of hydrogen-bond donors (Lipinski definition) is 0. The maximum Gasteiger partial charge on any atom is 0.346 e. The lowest BCUT2D eigenvalue weighted by atomic mass is 10.2. The predicted molar refractivity (Wildman–Crippen MR) is 69.0 cm³/mol. The van der Waals surface area contributed by atoms with Crippen molar-refractivity contribution in [1.29, 1.82) is 0 Å². The van der Waals surface area contributed by atoms with Crippen LogP contribution in [0.3, 0.4) is 0 Å². The minimum absolute atomic E-state index is 0.199. The third-order valence-corrected chi connectivity index (χ3v) is 2.61. The number of para-hydroxylation sites is 1. The van der Waals surface area contributed by atoms with Gasteiger partial charge in [0.25, 0.3) is 5.95 Å². The summed E-state index contributed by atoms with van der Waals surface area (Å²) in [5.41, 5.74) is -0.390. The van der Waals surface area contributed by atoms with Crippen LogP contribution in [0.1, 0.15) is 0 Å². The molecule has 0 bridgehead atoms. The third-order valence-electron chi connectivity index (χ3n) is 2.61. The minimum Gasteiger partial charge on any atom is -0.426 e. The van der Waals surface area contributed by atoms with Gasteiger partial charge in [-0.05, 0) is 23.6 Å². The van der Waals surface area contributed by atoms with Crippen molar-refractivity contribution in [3.63, 3.8) is 0 Å². The molecule has 0 unspecified atom stereocenters. The second kappa shape index (κ2) is 4.37. The Labute approximate surface area is 103 Å². The van der Waals surface area contributed by atoms with E-state index in [-0.39, 0.29) is 11.6 Å². The molecule has 88 valence electrons. The number of benzene rings is 2. The topological polar surface area (TPSA) is 39.4 Å². The van der Waals surface area contributed by atoms with E-state index >= 15 is 0 Å². The van der Waals surface area contributed by atoms with Crippen molar-refractivity contribution in [2.24, 2.45) is 0 Å². The molecule has 3 heteroatoms. The fourth-order valence-corrected chi connectivity index (χ4v) is 1.77. The molecular weight excluding hydrogens is 228 g/mol. The van der Waals surface area contributed by atoms with Gasteiger partial charge in [0.1, 0.15) is 5.75 Å². The van der Waals surface area contributed by atoms with Crippen LogP contribution in [0.2, 0.25) is 0 Å². The van der Waals surface area contributed by atoms with E-state index in [4.69, 9.17) is 9.15 Å². The molecule has 0 aliphatic rings. The second-order valence-corrected chi connectivity index (χ2v) is 3.86. The Bertz CT molecular complexity index is 729. The largest absolute Gasteiger partial charge is 0.426 e. The van der Waals surface area contributed by atoms with Crippen LogP contribution in [0.25, 0.3) is 10.8 Å². The van der Waals surface area contributed by atoms with Gasteiger partial charge in [-0.25, -0.2) is 4.79 Å². The van der Waals surface area contributed by atoms with E-state index in [9.17, 15) is 4.79 Å². The lowest BCUT2D eigenvalue weighted by molar-refractivity contribution is 0.327. The molecule has 2 aromatic carbocycles. The van der Waals surface area contributed by atoms with Crippen LogP contribution in [0.15, 0.2) is 69.9 Å². The molecule has 0 N–H and O–H groups in total. The third kappa shape index (κ3) is 1.98. The van der Waals surface area contributed by atoms with Crippen LogP contribution in [-0.4, -0.2) is 0 Å². The van der Waals surface area contributed by atoms with Crippen molar-refractivity contribution in [3.8, 4) is 11.7 Å². The van der Waals surface area contributed by atoms with E-state index in [1.165, 1.54) is 0 Å². The van der Waals surface area contributed by atoms with Gasteiger partial charge in [0.15, 0.2) is 0 Å². The quantitative estimate of drug-likeness (QED) is 0.685. The lowest BCUT2D eigenvalue weighted by Gasteiger charge is -2.04. The highest BCUT2D eigenvalue weighted by Gasteiger charge is 2.05. The molecular formula is C15H10O3. The molecule has 0 spiro atoms. The fourth-order valence-electron chi connectivity index (χ4n) is 1.77. The molecule has 0 aliphatic carbocycles. The van der Waals surface area contributed by atoms with Gasteiger partial charge in [-0.1, -0.05) is 36.4 Å². The molecule has 0 atom stereocenters. The van der Waals surface area contributed by atoms with Gasteiger partial charge in [-0.3, -0.25) is 0 Å². The summed E-state index contributed by atoms with van der Waals surface area (Å²) in [6.07, 6.45) is 0. The van der Waals surface area contributed by atoms with Crippen molar-refractivity contribution < 1.29 is 9.15 Å². The Kier molecular flexibility index (Phi) is 2.57. The SMILES string of the molecule is O=c1oc(Oc2ccccc2)cc2ccccc12. The first-order valence-electron chi connectivity index (χ1n) is 5.59. The van der Waals surface area contributed by atoms with Gasteiger partial charge in [0.2, 0.25) is 0 Å². The van der Waals surface area contributed by atoms with Crippen LogP contribution in [-0.2, 0) is 0 Å². The van der Waals surface area contributed by atoms with Crippen molar-refractivity contribution in [1.82, 2.24) is 0 Å². The number of rotatable bonds is 2. The molecule has 3 nitrogen and oxygen atoms in total. The predicted octanol–water partition coefficient (Wildman–Crippen LogP) is 3.59. The summed E-state index contributed by atoms with van der Waals surface area (Å²) in [5.74, 6) is 0.834. The van der Waals surface area contributed by atoms with Gasteiger partial charge >= 0.3 is 5.63 Å². The molecule has 0 fully saturated rings. The van der Waals surface area contributed by atoms with Crippen LogP contribution < -0.4 is 10.4 Å². The standard InChI is InChI=1S/C15H10O3/c16-15-13-9-5-4-6-11(13)10-14(18-15)17-12-7-2-1-3-8-12/h1-10H. The van der Waals surface area contributed by atoms with Gasteiger partial charge in [0.05, 0.1) is 5.39 Å². The number of fused-ring (bicyclic) bond motifs is 1. The Balaban J connectivity index is 2.06. The zero-order chi connectivity index (χ0) is 12.4. The van der Waals surface area contributed by atoms with Crippen molar-refractivity contribution in [3.05, 3.63) is 71.1 Å². The maximum absolute atomic E-state index is 11.7. The van der Waals surface area contributed by atoms with E-state index in [1.807, 2.05) is 30.3 Å². The summed E-state index contributed by atoms with van der Waals surface area (Å²) in [6, 6.07) is 18.2. The van der Waals surface area contributed by atoms with Crippen LogP contribution in [0.5, 0.6) is 11.7 Å². The number of hydrogen-bond acceptors (Lipinski definition) is 3. The van der Waals surface area contributed by atoms with Gasteiger partial charge < -0.3 is 9.15 Å². The molecule has 0 saturated carbocycles. The Morgan fingerprint density at radius 3 is 2.44 bits per heavy atom. The Morgan fingerprint density at radius 1 is 0.889 bits per heavy atom. The second-order valence-electron chi connectivity index (χ2n) is 3.86. The Morgan fingerprint density at radius 2 is 1.61 bits per heavy atom. The van der Waals surface area contributed by atoms with Crippen molar-refractivity contribution in [2.45, 2.75) is 0 Å². The Hall–Kier alpha value is -2.55. The average molecular weight is 238 g/mol. The highest BCUT2D eigenvalue weighted by Crippen LogP contribution is 2.22. The van der Waals surface area contributed by atoms with Crippen LogP contribution in [0.4, 0.5) is 0 Å². The lowest BCUT2D eigenvalue weighted by Crippen LogP contribution is -2.00. The molecule has 0 amide bonds. The molecule has 3 rings (SSSR count). The number of ether oxygens (including phenoxy) is 1. The molecule has 0 aliphatic heterocycles. The highest BCUT2D eigenvalue weighted by atomic mass is 16.6. The van der Waals surface area contributed by atoms with Gasteiger partial charge in [-0.15, -0.1) is 0 Å². The zero-order valence-electron chi connectivity index (χ0n) is 9.50. The van der Waals surface area contributed by atoms with Crippen LogP contribution in [0, 0.1) is 0 Å². The summed E-state index contributed by atoms with van der Waals surface area (Å²) in [4.78, 5) is 11.7. The van der Waals surface area contributed by atoms with Gasteiger partial charge in [0, 0.05) is 6.07 Å². The molecule has 0 saturated heterocycles. The smallest absolute Gasteiger partial charge is 0.346 e.